The highest BCUT2D eigenvalue weighted by molar-refractivity contribution is 5.70. The van der Waals surface area contributed by atoms with Crippen molar-refractivity contribution < 1.29 is 9.59 Å². The van der Waals surface area contributed by atoms with Crippen molar-refractivity contribution in [1.82, 2.24) is 4.57 Å². The van der Waals surface area contributed by atoms with Crippen LogP contribution in [0.3, 0.4) is 0 Å². The molecule has 1 N–H and O–H groups in total. The van der Waals surface area contributed by atoms with Gasteiger partial charge >= 0.3 is 0 Å². The molecule has 0 aliphatic carbocycles. The zero-order chi connectivity index (χ0) is 9.68. The lowest BCUT2D eigenvalue weighted by Gasteiger charge is -2.02. The van der Waals surface area contributed by atoms with Crippen molar-refractivity contribution in [1.29, 1.82) is 0 Å². The van der Waals surface area contributed by atoms with Crippen LogP contribution in [0.4, 0.5) is 5.69 Å². The third-order valence-electron chi connectivity index (χ3n) is 1.48. The van der Waals surface area contributed by atoms with Crippen molar-refractivity contribution in [3.8, 4) is 0 Å². The largest absolute Gasteiger partial charge is 0.327 e. The minimum absolute atomic E-state index is 0.00674. The van der Waals surface area contributed by atoms with E-state index >= 15 is 0 Å². The van der Waals surface area contributed by atoms with E-state index in [2.05, 4.69) is 5.32 Å². The zero-order valence-electron chi connectivity index (χ0n) is 6.77. The van der Waals surface area contributed by atoms with E-state index in [0.717, 1.165) is 0 Å². The standard InChI is InChI=1S/C8H8N2O3/c11-4-3-10-5-7(9-6-12)1-2-8(10)13/h1-2,4-6H,3H2,(H,9,12). The second kappa shape index (κ2) is 4.20. The zero-order valence-corrected chi connectivity index (χ0v) is 6.77. The summed E-state index contributed by atoms with van der Waals surface area (Å²) in [4.78, 5) is 31.3. The van der Waals surface area contributed by atoms with Gasteiger partial charge < -0.3 is 14.7 Å². The molecule has 0 saturated carbocycles. The Labute approximate surface area is 74.0 Å². The number of nitrogens with zero attached hydrogens (tertiary/aromatic N) is 1. The van der Waals surface area contributed by atoms with Crippen LogP contribution in [0.15, 0.2) is 23.1 Å². The molecule has 1 aromatic heterocycles. The van der Waals surface area contributed by atoms with Crippen molar-refractivity contribution in [2.75, 3.05) is 5.32 Å². The molecule has 13 heavy (non-hydrogen) atoms. The smallest absolute Gasteiger partial charge is 0.251 e. The van der Waals surface area contributed by atoms with Gasteiger partial charge in [-0.25, -0.2) is 0 Å². The summed E-state index contributed by atoms with van der Waals surface area (Å²) in [5, 5.41) is 2.38. The van der Waals surface area contributed by atoms with Crippen LogP contribution in [0.25, 0.3) is 0 Å². The number of aromatic nitrogens is 1. The molecule has 1 heterocycles. The van der Waals surface area contributed by atoms with E-state index in [0.29, 0.717) is 18.4 Å². The second-order valence-electron chi connectivity index (χ2n) is 2.34. The van der Waals surface area contributed by atoms with Crippen LogP contribution in [0.1, 0.15) is 0 Å². The molecule has 68 valence electrons. The van der Waals surface area contributed by atoms with Crippen LogP contribution in [-0.4, -0.2) is 17.3 Å². The van der Waals surface area contributed by atoms with Crippen LogP contribution in [-0.2, 0) is 16.1 Å². The minimum atomic E-state index is -0.274. The maximum absolute atomic E-state index is 11.1. The molecule has 0 aliphatic heterocycles. The number of pyridine rings is 1. The molecule has 1 rings (SSSR count). The van der Waals surface area contributed by atoms with Gasteiger partial charge in [0.25, 0.3) is 5.56 Å². The molecular formula is C8H8N2O3. The van der Waals surface area contributed by atoms with E-state index in [4.69, 9.17) is 0 Å². The van der Waals surface area contributed by atoms with Crippen LogP contribution in [0.2, 0.25) is 0 Å². The summed E-state index contributed by atoms with van der Waals surface area (Å²) >= 11 is 0. The van der Waals surface area contributed by atoms with Gasteiger partial charge in [-0.2, -0.15) is 0 Å². The number of rotatable bonds is 4. The first kappa shape index (κ1) is 9.18. The van der Waals surface area contributed by atoms with Crippen molar-refractivity contribution in [3.63, 3.8) is 0 Å². The van der Waals surface area contributed by atoms with Crippen molar-refractivity contribution in [3.05, 3.63) is 28.7 Å². The number of aldehydes is 1. The van der Waals surface area contributed by atoms with Gasteiger partial charge in [-0.05, 0) is 6.07 Å². The van der Waals surface area contributed by atoms with Crippen molar-refractivity contribution in [2.24, 2.45) is 0 Å². The van der Waals surface area contributed by atoms with Gasteiger partial charge in [-0.1, -0.05) is 0 Å². The summed E-state index contributed by atoms with van der Waals surface area (Å²) < 4.78 is 1.21. The molecule has 0 saturated heterocycles. The molecule has 0 fully saturated rings. The number of hydrogen-bond acceptors (Lipinski definition) is 3. The SMILES string of the molecule is O=CCn1cc(NC=O)ccc1=O. The molecule has 0 bridgehead atoms. The first-order valence-corrected chi connectivity index (χ1v) is 3.62. The van der Waals surface area contributed by atoms with Gasteiger partial charge in [0.05, 0.1) is 12.2 Å². The second-order valence-corrected chi connectivity index (χ2v) is 2.34. The fourth-order valence-electron chi connectivity index (χ4n) is 0.908. The lowest BCUT2D eigenvalue weighted by Crippen LogP contribution is -2.19. The van der Waals surface area contributed by atoms with E-state index in [9.17, 15) is 14.4 Å². The summed E-state index contributed by atoms with van der Waals surface area (Å²) in [6.45, 7) is -0.00674. The van der Waals surface area contributed by atoms with Crippen LogP contribution in [0, 0.1) is 0 Å². The van der Waals surface area contributed by atoms with Gasteiger partial charge in [0.2, 0.25) is 6.41 Å². The van der Waals surface area contributed by atoms with Crippen LogP contribution < -0.4 is 10.9 Å². The summed E-state index contributed by atoms with van der Waals surface area (Å²) in [5.41, 5.74) is 0.208. The molecule has 0 atom stereocenters. The third-order valence-corrected chi connectivity index (χ3v) is 1.48. The molecule has 0 radical (unpaired) electrons. The molecular weight excluding hydrogens is 172 g/mol. The summed E-state index contributed by atoms with van der Waals surface area (Å²) in [6, 6.07) is 2.76. The van der Waals surface area contributed by atoms with Gasteiger partial charge in [-0.15, -0.1) is 0 Å². The average molecular weight is 180 g/mol. The molecule has 0 spiro atoms. The Morgan fingerprint density at radius 2 is 2.15 bits per heavy atom. The minimum Gasteiger partial charge on any atom is -0.327 e. The Balaban J connectivity index is 3.02. The predicted molar refractivity (Wildman–Crippen MR) is 46.5 cm³/mol. The van der Waals surface area contributed by atoms with Crippen molar-refractivity contribution >= 4 is 18.4 Å². The highest BCUT2D eigenvalue weighted by atomic mass is 16.1. The Hall–Kier alpha value is -1.91. The highest BCUT2D eigenvalue weighted by Crippen LogP contribution is 2.00. The van der Waals surface area contributed by atoms with Gasteiger partial charge in [0, 0.05) is 12.3 Å². The van der Waals surface area contributed by atoms with E-state index < -0.39 is 0 Å². The fraction of sp³-hybridized carbons (Fsp3) is 0.125. The quantitative estimate of drug-likeness (QED) is 0.642. The number of nitrogens with one attached hydrogen (secondary N) is 1. The molecule has 5 nitrogen and oxygen atoms in total. The Morgan fingerprint density at radius 3 is 2.77 bits per heavy atom. The van der Waals surface area contributed by atoms with E-state index in [1.54, 1.807) is 0 Å². The highest BCUT2D eigenvalue weighted by Gasteiger charge is 1.96. The van der Waals surface area contributed by atoms with Crippen LogP contribution >= 0.6 is 0 Å². The van der Waals surface area contributed by atoms with Gasteiger partial charge in [-0.3, -0.25) is 9.59 Å². The normalized spacial score (nSPS) is 9.23. The first-order chi connectivity index (χ1) is 6.27. The number of anilines is 1. The average Bonchev–Trinajstić information content (AvgIpc) is 2.12. The third kappa shape index (κ3) is 2.26. The molecule has 0 aliphatic rings. The summed E-state index contributed by atoms with van der Waals surface area (Å²) in [7, 11) is 0. The Kier molecular flexibility index (Phi) is 2.97. The Morgan fingerprint density at radius 1 is 1.38 bits per heavy atom. The number of amides is 1. The molecule has 0 unspecified atom stereocenters. The maximum Gasteiger partial charge on any atom is 0.251 e. The number of carbonyl (C=O) groups is 2. The number of hydrogen-bond donors (Lipinski definition) is 1. The van der Waals surface area contributed by atoms with E-state index in [-0.39, 0.29) is 12.1 Å². The summed E-state index contributed by atoms with van der Waals surface area (Å²) in [5.74, 6) is 0. The first-order valence-electron chi connectivity index (χ1n) is 3.62. The van der Waals surface area contributed by atoms with E-state index in [1.165, 1.54) is 22.9 Å². The monoisotopic (exact) mass is 180 g/mol. The fourth-order valence-corrected chi connectivity index (χ4v) is 0.908. The van der Waals surface area contributed by atoms with Gasteiger partial charge in [0.1, 0.15) is 6.29 Å². The molecule has 1 amide bonds. The number of carbonyl (C=O) groups excluding carboxylic acids is 2. The topological polar surface area (TPSA) is 68.2 Å². The molecule has 1 aromatic rings. The predicted octanol–water partition coefficient (Wildman–Crippen LogP) is -0.385. The van der Waals surface area contributed by atoms with E-state index in [1.807, 2.05) is 0 Å². The lowest BCUT2D eigenvalue weighted by atomic mass is 10.4. The van der Waals surface area contributed by atoms with Crippen molar-refractivity contribution in [2.45, 2.75) is 6.54 Å². The van der Waals surface area contributed by atoms with Crippen LogP contribution in [0.5, 0.6) is 0 Å². The molecule has 0 aromatic carbocycles. The Bertz CT molecular complexity index is 370. The summed E-state index contributed by atoms with van der Waals surface area (Å²) in [6.07, 6.45) is 2.53. The van der Waals surface area contributed by atoms with Gasteiger partial charge in [0.15, 0.2) is 0 Å². The molecule has 5 heteroatoms. The lowest BCUT2D eigenvalue weighted by molar-refractivity contribution is -0.108. The maximum atomic E-state index is 11.1.